The van der Waals surface area contributed by atoms with Gasteiger partial charge >= 0.3 is 0 Å². The number of nitrogens with zero attached hydrogens (tertiary/aromatic N) is 4. The third kappa shape index (κ3) is 6.20. The number of hydrogen-bond acceptors (Lipinski definition) is 7. The third-order valence-electron chi connectivity index (χ3n) is 5.59. The normalized spacial score (nSPS) is 15.0. The zero-order valence-electron chi connectivity index (χ0n) is 19.0. The van der Waals surface area contributed by atoms with Crippen molar-refractivity contribution >= 4 is 17.5 Å². The Labute approximate surface area is 194 Å². The van der Waals surface area contributed by atoms with Crippen LogP contribution in [0.5, 0.6) is 11.5 Å². The van der Waals surface area contributed by atoms with Crippen molar-refractivity contribution in [2.45, 2.75) is 19.6 Å². The first-order valence-electron chi connectivity index (χ1n) is 11.1. The van der Waals surface area contributed by atoms with E-state index in [-0.39, 0.29) is 5.91 Å². The molecule has 1 amide bonds. The smallest absolute Gasteiger partial charge is 0.266 e. The number of rotatable bonds is 8. The summed E-state index contributed by atoms with van der Waals surface area (Å²) in [4.78, 5) is 25.9. The fourth-order valence-electron chi connectivity index (χ4n) is 3.70. The van der Waals surface area contributed by atoms with Gasteiger partial charge in [0.2, 0.25) is 0 Å². The van der Waals surface area contributed by atoms with E-state index in [1.54, 1.807) is 38.3 Å². The zero-order chi connectivity index (χ0) is 23.0. The summed E-state index contributed by atoms with van der Waals surface area (Å²) in [6.45, 7) is 6.29. The number of benzene rings is 2. The number of aromatic nitrogens is 2. The van der Waals surface area contributed by atoms with Crippen molar-refractivity contribution in [1.82, 2.24) is 14.9 Å². The number of carbonyl (C=O) groups excluding carboxylic acids is 1. The lowest BCUT2D eigenvalue weighted by molar-refractivity contribution is -0.122. The fraction of sp³-hybridized carbons (Fsp3) is 0.320. The SMILES string of the molecule is COc1ccc(O[C@@H](C)C(=O)Nc2cc(N3CCN(Cc4ccccc4)CC3)ncn2)cc1. The quantitative estimate of drug-likeness (QED) is 0.568. The average Bonchev–Trinajstić information content (AvgIpc) is 2.86. The highest BCUT2D eigenvalue weighted by Crippen LogP contribution is 2.20. The first kappa shape index (κ1) is 22.5. The molecule has 1 aliphatic rings. The lowest BCUT2D eigenvalue weighted by Crippen LogP contribution is -2.46. The number of nitrogens with one attached hydrogen (secondary N) is 1. The molecule has 2 aromatic carbocycles. The molecule has 0 bridgehead atoms. The summed E-state index contributed by atoms with van der Waals surface area (Å²) in [5, 5.41) is 2.83. The number of amides is 1. The van der Waals surface area contributed by atoms with Crippen LogP contribution in [0.4, 0.5) is 11.6 Å². The van der Waals surface area contributed by atoms with Crippen LogP contribution in [0.2, 0.25) is 0 Å². The van der Waals surface area contributed by atoms with Crippen LogP contribution in [-0.2, 0) is 11.3 Å². The van der Waals surface area contributed by atoms with E-state index in [0.717, 1.165) is 44.3 Å². The maximum Gasteiger partial charge on any atom is 0.266 e. The number of methoxy groups -OCH3 is 1. The van der Waals surface area contributed by atoms with E-state index in [0.29, 0.717) is 11.6 Å². The van der Waals surface area contributed by atoms with E-state index in [2.05, 4.69) is 49.4 Å². The zero-order valence-corrected chi connectivity index (χ0v) is 19.0. The van der Waals surface area contributed by atoms with Crippen LogP contribution in [0, 0.1) is 0 Å². The number of hydrogen-bond donors (Lipinski definition) is 1. The van der Waals surface area contributed by atoms with Crippen molar-refractivity contribution in [3.8, 4) is 11.5 Å². The Balaban J connectivity index is 1.29. The Kier molecular flexibility index (Phi) is 7.36. The van der Waals surface area contributed by atoms with Crippen LogP contribution >= 0.6 is 0 Å². The van der Waals surface area contributed by atoms with Crippen LogP contribution in [0.1, 0.15) is 12.5 Å². The molecule has 0 radical (unpaired) electrons. The predicted molar refractivity (Wildman–Crippen MR) is 128 cm³/mol. The minimum absolute atomic E-state index is 0.275. The lowest BCUT2D eigenvalue weighted by Gasteiger charge is -2.35. The van der Waals surface area contributed by atoms with Crippen molar-refractivity contribution in [3.05, 3.63) is 72.6 Å². The summed E-state index contributed by atoms with van der Waals surface area (Å²) in [5.74, 6) is 2.32. The minimum atomic E-state index is -0.682. The van der Waals surface area contributed by atoms with Crippen LogP contribution in [0.25, 0.3) is 0 Å². The lowest BCUT2D eigenvalue weighted by atomic mass is 10.2. The second-order valence-electron chi connectivity index (χ2n) is 7.94. The second kappa shape index (κ2) is 10.8. The van der Waals surface area contributed by atoms with Gasteiger partial charge in [-0.3, -0.25) is 9.69 Å². The molecule has 1 N–H and O–H groups in total. The van der Waals surface area contributed by atoms with E-state index < -0.39 is 6.10 Å². The van der Waals surface area contributed by atoms with Gasteiger partial charge < -0.3 is 19.7 Å². The molecular formula is C25H29N5O3. The van der Waals surface area contributed by atoms with Gasteiger partial charge in [0.25, 0.3) is 5.91 Å². The summed E-state index contributed by atoms with van der Waals surface area (Å²) in [7, 11) is 1.60. The number of ether oxygens (including phenoxy) is 2. The fourth-order valence-corrected chi connectivity index (χ4v) is 3.70. The summed E-state index contributed by atoms with van der Waals surface area (Å²) >= 11 is 0. The van der Waals surface area contributed by atoms with Crippen LogP contribution in [-0.4, -0.2) is 60.2 Å². The van der Waals surface area contributed by atoms with Crippen LogP contribution < -0.4 is 19.7 Å². The molecule has 1 aliphatic heterocycles. The van der Waals surface area contributed by atoms with Gasteiger partial charge in [0.1, 0.15) is 29.5 Å². The number of anilines is 2. The highest BCUT2D eigenvalue weighted by molar-refractivity contribution is 5.93. The molecule has 0 saturated carbocycles. The van der Waals surface area contributed by atoms with Gasteiger partial charge in [0.05, 0.1) is 7.11 Å². The first-order valence-corrected chi connectivity index (χ1v) is 11.1. The molecule has 33 heavy (non-hydrogen) atoms. The van der Waals surface area contributed by atoms with E-state index >= 15 is 0 Å². The van der Waals surface area contributed by atoms with Gasteiger partial charge in [-0.25, -0.2) is 9.97 Å². The Morgan fingerprint density at radius 1 is 1.00 bits per heavy atom. The molecule has 8 heteroatoms. The molecule has 172 valence electrons. The van der Waals surface area contributed by atoms with Gasteiger partial charge in [-0.05, 0) is 36.8 Å². The number of carbonyl (C=O) groups is 1. The topological polar surface area (TPSA) is 79.8 Å². The molecule has 4 rings (SSSR count). The van der Waals surface area contributed by atoms with Gasteiger partial charge in [-0.2, -0.15) is 0 Å². The standard InChI is InChI=1S/C25H29N5O3/c1-19(33-22-10-8-21(32-2)9-11-22)25(31)28-23-16-24(27-18-26-23)30-14-12-29(13-15-30)17-20-6-4-3-5-7-20/h3-11,16,18-19H,12-15,17H2,1-2H3,(H,26,27,28,31)/t19-/m0/s1. The molecule has 0 spiro atoms. The molecule has 0 unspecified atom stereocenters. The highest BCUT2D eigenvalue weighted by Gasteiger charge is 2.20. The Morgan fingerprint density at radius 3 is 2.39 bits per heavy atom. The molecule has 1 aromatic heterocycles. The average molecular weight is 448 g/mol. The summed E-state index contributed by atoms with van der Waals surface area (Å²) in [5.41, 5.74) is 1.32. The summed E-state index contributed by atoms with van der Waals surface area (Å²) in [6.07, 6.45) is 0.800. The Hall–Kier alpha value is -3.65. The van der Waals surface area contributed by atoms with E-state index in [9.17, 15) is 4.79 Å². The molecule has 0 aliphatic carbocycles. The number of piperazine rings is 1. The predicted octanol–water partition coefficient (Wildman–Crippen LogP) is 3.21. The van der Waals surface area contributed by atoms with E-state index in [1.807, 2.05) is 12.1 Å². The Morgan fingerprint density at radius 2 is 1.70 bits per heavy atom. The largest absolute Gasteiger partial charge is 0.497 e. The minimum Gasteiger partial charge on any atom is -0.497 e. The molecule has 8 nitrogen and oxygen atoms in total. The Bertz CT molecular complexity index is 1040. The third-order valence-corrected chi connectivity index (χ3v) is 5.59. The van der Waals surface area contributed by atoms with Crippen molar-refractivity contribution < 1.29 is 14.3 Å². The van der Waals surface area contributed by atoms with Gasteiger partial charge in [-0.15, -0.1) is 0 Å². The van der Waals surface area contributed by atoms with Crippen molar-refractivity contribution in [2.75, 3.05) is 43.5 Å². The maximum absolute atomic E-state index is 12.6. The van der Waals surface area contributed by atoms with Crippen molar-refractivity contribution in [2.24, 2.45) is 0 Å². The maximum atomic E-state index is 12.6. The molecule has 1 atom stereocenters. The summed E-state index contributed by atoms with van der Waals surface area (Å²) in [6, 6.07) is 19.4. The molecule has 1 fully saturated rings. The molecule has 3 aromatic rings. The van der Waals surface area contributed by atoms with Crippen LogP contribution in [0.3, 0.4) is 0 Å². The van der Waals surface area contributed by atoms with E-state index in [1.165, 1.54) is 11.9 Å². The monoisotopic (exact) mass is 447 g/mol. The van der Waals surface area contributed by atoms with Crippen molar-refractivity contribution in [3.63, 3.8) is 0 Å². The molecule has 2 heterocycles. The van der Waals surface area contributed by atoms with Gasteiger partial charge in [0.15, 0.2) is 6.10 Å². The second-order valence-corrected chi connectivity index (χ2v) is 7.94. The van der Waals surface area contributed by atoms with Gasteiger partial charge in [0, 0.05) is 38.8 Å². The van der Waals surface area contributed by atoms with E-state index in [4.69, 9.17) is 9.47 Å². The highest BCUT2D eigenvalue weighted by atomic mass is 16.5. The summed E-state index contributed by atoms with van der Waals surface area (Å²) < 4.78 is 10.9. The van der Waals surface area contributed by atoms with Crippen LogP contribution in [0.15, 0.2) is 67.0 Å². The molecular weight excluding hydrogens is 418 g/mol. The van der Waals surface area contributed by atoms with Gasteiger partial charge in [-0.1, -0.05) is 30.3 Å². The first-order chi connectivity index (χ1) is 16.1. The van der Waals surface area contributed by atoms with Crippen molar-refractivity contribution in [1.29, 1.82) is 0 Å². The molecule has 1 saturated heterocycles.